The van der Waals surface area contributed by atoms with Gasteiger partial charge in [0.25, 0.3) is 0 Å². The molecule has 2 aliphatic heterocycles. The van der Waals surface area contributed by atoms with Crippen LogP contribution in [0.5, 0.6) is 0 Å². The summed E-state index contributed by atoms with van der Waals surface area (Å²) in [6.07, 6.45) is 2.81. The van der Waals surface area contributed by atoms with E-state index < -0.39 is 0 Å². The summed E-state index contributed by atoms with van der Waals surface area (Å²) < 4.78 is 0. The second-order valence-electron chi connectivity index (χ2n) is 4.40. The van der Waals surface area contributed by atoms with Crippen molar-refractivity contribution in [3.8, 4) is 0 Å². The van der Waals surface area contributed by atoms with E-state index in [0.717, 1.165) is 17.8 Å². The SMILES string of the molecule is CC1CCN(CC2CSCN2)CC1. The van der Waals surface area contributed by atoms with Gasteiger partial charge >= 0.3 is 0 Å². The lowest BCUT2D eigenvalue weighted by atomic mass is 9.99. The second-order valence-corrected chi connectivity index (χ2v) is 5.43. The van der Waals surface area contributed by atoms with Crippen LogP contribution in [-0.4, -0.2) is 42.2 Å². The first-order chi connectivity index (χ1) is 6.34. The standard InChI is InChI=1S/C10H20N2S/c1-9-2-4-12(5-3-9)6-10-7-13-8-11-10/h9-11H,2-8H2,1H3. The third-order valence-electron chi connectivity index (χ3n) is 3.15. The quantitative estimate of drug-likeness (QED) is 0.725. The van der Waals surface area contributed by atoms with Gasteiger partial charge in [-0.25, -0.2) is 0 Å². The first kappa shape index (κ1) is 9.81. The summed E-state index contributed by atoms with van der Waals surface area (Å²) in [6.45, 7) is 6.30. The van der Waals surface area contributed by atoms with Crippen molar-refractivity contribution in [1.29, 1.82) is 0 Å². The molecular weight excluding hydrogens is 180 g/mol. The Morgan fingerprint density at radius 1 is 1.38 bits per heavy atom. The van der Waals surface area contributed by atoms with Crippen molar-refractivity contribution < 1.29 is 0 Å². The Hall–Kier alpha value is 0.270. The number of piperidine rings is 1. The van der Waals surface area contributed by atoms with Crippen LogP contribution in [-0.2, 0) is 0 Å². The smallest absolute Gasteiger partial charge is 0.0421 e. The van der Waals surface area contributed by atoms with Crippen LogP contribution in [0.3, 0.4) is 0 Å². The molecule has 0 aliphatic carbocycles. The van der Waals surface area contributed by atoms with E-state index in [2.05, 4.69) is 17.1 Å². The van der Waals surface area contributed by atoms with Gasteiger partial charge in [0.2, 0.25) is 0 Å². The maximum absolute atomic E-state index is 3.54. The Kier molecular flexibility index (Phi) is 3.52. The van der Waals surface area contributed by atoms with Gasteiger partial charge in [-0.2, -0.15) is 0 Å². The van der Waals surface area contributed by atoms with Gasteiger partial charge in [-0.1, -0.05) is 6.92 Å². The molecule has 13 heavy (non-hydrogen) atoms. The molecule has 2 heterocycles. The molecule has 0 aromatic carbocycles. The Labute approximate surface area is 85.4 Å². The summed E-state index contributed by atoms with van der Waals surface area (Å²) in [5.74, 6) is 3.43. The molecule has 2 nitrogen and oxygen atoms in total. The normalized spacial score (nSPS) is 32.5. The van der Waals surface area contributed by atoms with Gasteiger partial charge in [-0.3, -0.25) is 0 Å². The summed E-state index contributed by atoms with van der Waals surface area (Å²) in [5, 5.41) is 3.54. The monoisotopic (exact) mass is 200 g/mol. The molecule has 0 aromatic rings. The van der Waals surface area contributed by atoms with Gasteiger partial charge < -0.3 is 10.2 Å². The zero-order chi connectivity index (χ0) is 9.10. The number of nitrogens with zero attached hydrogens (tertiary/aromatic N) is 1. The molecule has 0 radical (unpaired) electrons. The molecule has 0 spiro atoms. The molecule has 1 N–H and O–H groups in total. The van der Waals surface area contributed by atoms with Crippen LogP contribution in [0.15, 0.2) is 0 Å². The maximum Gasteiger partial charge on any atom is 0.0421 e. The van der Waals surface area contributed by atoms with Gasteiger partial charge in [0.05, 0.1) is 0 Å². The molecule has 0 bridgehead atoms. The topological polar surface area (TPSA) is 15.3 Å². The molecule has 0 saturated carbocycles. The van der Waals surface area contributed by atoms with Crippen LogP contribution < -0.4 is 5.32 Å². The highest BCUT2D eigenvalue weighted by Gasteiger charge is 2.21. The minimum absolute atomic E-state index is 0.762. The van der Waals surface area contributed by atoms with E-state index in [-0.39, 0.29) is 0 Å². The maximum atomic E-state index is 3.54. The zero-order valence-electron chi connectivity index (χ0n) is 8.46. The first-order valence-corrected chi connectivity index (χ1v) is 6.53. The highest BCUT2D eigenvalue weighted by atomic mass is 32.2. The molecule has 0 amide bonds. The van der Waals surface area contributed by atoms with E-state index in [1.807, 2.05) is 11.8 Å². The average Bonchev–Trinajstić information content (AvgIpc) is 2.62. The molecule has 2 saturated heterocycles. The largest absolute Gasteiger partial charge is 0.303 e. The van der Waals surface area contributed by atoms with E-state index in [0.29, 0.717) is 0 Å². The molecule has 3 heteroatoms. The van der Waals surface area contributed by atoms with E-state index in [9.17, 15) is 0 Å². The van der Waals surface area contributed by atoms with E-state index >= 15 is 0 Å². The lowest BCUT2D eigenvalue weighted by molar-refractivity contribution is 0.181. The minimum Gasteiger partial charge on any atom is -0.303 e. The van der Waals surface area contributed by atoms with Crippen LogP contribution in [0.1, 0.15) is 19.8 Å². The third-order valence-corrected chi connectivity index (χ3v) is 4.16. The average molecular weight is 200 g/mol. The molecular formula is C10H20N2S. The van der Waals surface area contributed by atoms with Crippen LogP contribution in [0, 0.1) is 5.92 Å². The van der Waals surface area contributed by atoms with Crippen LogP contribution in [0.4, 0.5) is 0 Å². The van der Waals surface area contributed by atoms with Crippen LogP contribution >= 0.6 is 11.8 Å². The number of hydrogen-bond donors (Lipinski definition) is 1. The lowest BCUT2D eigenvalue weighted by Gasteiger charge is -2.31. The summed E-state index contributed by atoms with van der Waals surface area (Å²) in [6, 6.07) is 0.762. The molecule has 0 aromatic heterocycles. The number of hydrogen-bond acceptors (Lipinski definition) is 3. The lowest BCUT2D eigenvalue weighted by Crippen LogP contribution is -2.42. The van der Waals surface area contributed by atoms with Crippen molar-refractivity contribution in [3.63, 3.8) is 0 Å². The second kappa shape index (κ2) is 4.67. The predicted octanol–water partition coefficient (Wildman–Crippen LogP) is 1.38. The highest BCUT2D eigenvalue weighted by Crippen LogP contribution is 2.17. The van der Waals surface area contributed by atoms with Crippen molar-refractivity contribution >= 4 is 11.8 Å². The van der Waals surface area contributed by atoms with Gasteiger partial charge in [-0.15, -0.1) is 11.8 Å². The fourth-order valence-electron chi connectivity index (χ4n) is 2.11. The van der Waals surface area contributed by atoms with Crippen molar-refractivity contribution in [3.05, 3.63) is 0 Å². The number of rotatable bonds is 2. The van der Waals surface area contributed by atoms with Gasteiger partial charge in [-0.05, 0) is 31.8 Å². The zero-order valence-corrected chi connectivity index (χ0v) is 9.28. The Bertz CT molecular complexity index is 149. The van der Waals surface area contributed by atoms with Gasteiger partial charge in [0, 0.05) is 24.2 Å². The van der Waals surface area contributed by atoms with Crippen molar-refractivity contribution in [2.24, 2.45) is 5.92 Å². The number of thioether (sulfide) groups is 1. The molecule has 2 rings (SSSR count). The Balaban J connectivity index is 1.69. The van der Waals surface area contributed by atoms with Crippen LogP contribution in [0.25, 0.3) is 0 Å². The van der Waals surface area contributed by atoms with E-state index in [1.165, 1.54) is 38.2 Å². The molecule has 1 unspecified atom stereocenters. The summed E-state index contributed by atoms with van der Waals surface area (Å²) in [7, 11) is 0. The minimum atomic E-state index is 0.762. The summed E-state index contributed by atoms with van der Waals surface area (Å²) >= 11 is 2.03. The van der Waals surface area contributed by atoms with Crippen molar-refractivity contribution in [2.45, 2.75) is 25.8 Å². The van der Waals surface area contributed by atoms with Crippen molar-refractivity contribution in [2.75, 3.05) is 31.3 Å². The van der Waals surface area contributed by atoms with E-state index in [1.54, 1.807) is 0 Å². The number of likely N-dealkylation sites (tertiary alicyclic amines) is 1. The number of nitrogens with one attached hydrogen (secondary N) is 1. The first-order valence-electron chi connectivity index (χ1n) is 5.38. The molecule has 2 fully saturated rings. The fraction of sp³-hybridized carbons (Fsp3) is 1.00. The predicted molar refractivity (Wildman–Crippen MR) is 59.1 cm³/mol. The molecule has 76 valence electrons. The third kappa shape index (κ3) is 2.86. The fourth-order valence-corrected chi connectivity index (χ4v) is 3.09. The summed E-state index contributed by atoms with van der Waals surface area (Å²) in [5.41, 5.74) is 0. The Morgan fingerprint density at radius 3 is 2.77 bits per heavy atom. The summed E-state index contributed by atoms with van der Waals surface area (Å²) in [4.78, 5) is 2.63. The van der Waals surface area contributed by atoms with E-state index in [4.69, 9.17) is 0 Å². The van der Waals surface area contributed by atoms with Gasteiger partial charge in [0.1, 0.15) is 0 Å². The van der Waals surface area contributed by atoms with Crippen molar-refractivity contribution in [1.82, 2.24) is 10.2 Å². The Morgan fingerprint density at radius 2 is 2.15 bits per heavy atom. The molecule has 2 aliphatic rings. The highest BCUT2D eigenvalue weighted by molar-refractivity contribution is 7.99. The molecule has 1 atom stereocenters. The van der Waals surface area contributed by atoms with Crippen LogP contribution in [0.2, 0.25) is 0 Å². The van der Waals surface area contributed by atoms with Gasteiger partial charge in [0.15, 0.2) is 0 Å².